The molecular formula is C27H31ClN6S. The van der Waals surface area contributed by atoms with Crippen molar-refractivity contribution in [2.45, 2.75) is 39.3 Å². The van der Waals surface area contributed by atoms with Crippen molar-refractivity contribution in [3.05, 3.63) is 76.3 Å². The number of benzene rings is 2. The molecule has 3 heterocycles. The lowest BCUT2D eigenvalue weighted by Crippen LogP contribution is -2.35. The van der Waals surface area contributed by atoms with Gasteiger partial charge >= 0.3 is 0 Å². The molecule has 0 radical (unpaired) electrons. The van der Waals surface area contributed by atoms with Crippen LogP contribution >= 0.6 is 23.8 Å². The molecule has 0 unspecified atom stereocenters. The average molecular weight is 507 g/mol. The first-order valence-electron chi connectivity index (χ1n) is 12.3. The maximum absolute atomic E-state index is 5.99. The first-order chi connectivity index (χ1) is 17.0. The fourth-order valence-corrected chi connectivity index (χ4v) is 4.95. The number of thiocarbonyl (C=S) groups is 1. The van der Waals surface area contributed by atoms with Gasteiger partial charge in [0.2, 0.25) is 5.95 Å². The Labute approximate surface area is 217 Å². The monoisotopic (exact) mass is 506 g/mol. The number of fused-ring (bicyclic) bond motifs is 1. The molecule has 1 aromatic heterocycles. The van der Waals surface area contributed by atoms with Crippen LogP contribution in [0, 0.1) is 5.92 Å². The van der Waals surface area contributed by atoms with Gasteiger partial charge in [0.15, 0.2) is 5.11 Å². The Hall–Kier alpha value is -2.90. The van der Waals surface area contributed by atoms with Gasteiger partial charge in [0, 0.05) is 43.8 Å². The summed E-state index contributed by atoms with van der Waals surface area (Å²) >= 11 is 11.6. The van der Waals surface area contributed by atoms with E-state index < -0.39 is 0 Å². The van der Waals surface area contributed by atoms with Crippen LogP contribution in [0.3, 0.4) is 0 Å². The Bertz CT molecular complexity index is 1180. The van der Waals surface area contributed by atoms with Crippen LogP contribution in [-0.2, 0) is 19.5 Å². The largest absolute Gasteiger partial charge is 0.358 e. The molecule has 0 aliphatic carbocycles. The van der Waals surface area contributed by atoms with E-state index in [4.69, 9.17) is 33.8 Å². The minimum Gasteiger partial charge on any atom is -0.358 e. The predicted molar refractivity (Wildman–Crippen MR) is 148 cm³/mol. The summed E-state index contributed by atoms with van der Waals surface area (Å²) in [7, 11) is 0. The second kappa shape index (κ2) is 10.8. The smallest absolute Gasteiger partial charge is 0.232 e. The SMILES string of the molecule is CC1CCN(c2cc(N3CCc4ccccc4C3)nc(NC(=S)NCc3ccc(Cl)cc3)n2)CC1. The molecule has 2 N–H and O–H groups in total. The Kier molecular flexibility index (Phi) is 7.35. The van der Waals surface area contributed by atoms with Crippen LogP contribution in [-0.4, -0.2) is 34.7 Å². The number of rotatable bonds is 5. The lowest BCUT2D eigenvalue weighted by atomic mass is 9.99. The molecule has 3 aromatic rings. The molecule has 2 aliphatic heterocycles. The zero-order valence-corrected chi connectivity index (χ0v) is 21.6. The van der Waals surface area contributed by atoms with Crippen molar-refractivity contribution in [3.8, 4) is 0 Å². The topological polar surface area (TPSA) is 56.3 Å². The first kappa shape index (κ1) is 23.8. The molecule has 182 valence electrons. The number of nitrogens with zero attached hydrogens (tertiary/aromatic N) is 4. The number of hydrogen-bond acceptors (Lipinski definition) is 5. The van der Waals surface area contributed by atoms with Crippen LogP contribution in [0.5, 0.6) is 0 Å². The third-order valence-electron chi connectivity index (χ3n) is 6.85. The van der Waals surface area contributed by atoms with E-state index in [1.165, 1.54) is 24.0 Å². The number of halogens is 1. The minimum atomic E-state index is 0.499. The highest BCUT2D eigenvalue weighted by atomic mass is 35.5. The van der Waals surface area contributed by atoms with Crippen molar-refractivity contribution in [1.29, 1.82) is 0 Å². The second-order valence-corrected chi connectivity index (χ2v) is 10.3. The zero-order chi connectivity index (χ0) is 24.2. The quantitative estimate of drug-likeness (QED) is 0.448. The molecule has 0 atom stereocenters. The summed E-state index contributed by atoms with van der Waals surface area (Å²) in [5, 5.41) is 7.70. The van der Waals surface area contributed by atoms with Gasteiger partial charge in [-0.25, -0.2) is 0 Å². The third-order valence-corrected chi connectivity index (χ3v) is 7.35. The van der Waals surface area contributed by atoms with Gasteiger partial charge in [0.1, 0.15) is 11.6 Å². The van der Waals surface area contributed by atoms with Crippen LogP contribution in [0.4, 0.5) is 17.6 Å². The Morgan fingerprint density at radius 1 is 0.971 bits per heavy atom. The fraction of sp³-hybridized carbons (Fsp3) is 0.370. The Balaban J connectivity index is 1.34. The summed E-state index contributed by atoms with van der Waals surface area (Å²) in [6.07, 6.45) is 3.38. The fourth-order valence-electron chi connectivity index (χ4n) is 4.66. The average Bonchev–Trinajstić information content (AvgIpc) is 2.88. The summed E-state index contributed by atoms with van der Waals surface area (Å²) in [6, 6.07) is 18.5. The normalized spacial score (nSPS) is 16.1. The molecule has 1 saturated heterocycles. The van der Waals surface area contributed by atoms with Gasteiger partial charge in [-0.15, -0.1) is 0 Å². The molecule has 0 saturated carbocycles. The molecule has 5 rings (SSSR count). The molecule has 1 fully saturated rings. The minimum absolute atomic E-state index is 0.499. The van der Waals surface area contributed by atoms with Crippen LogP contribution in [0.25, 0.3) is 0 Å². The molecule has 2 aliphatic rings. The van der Waals surface area contributed by atoms with Crippen molar-refractivity contribution >= 4 is 46.5 Å². The van der Waals surface area contributed by atoms with Gasteiger partial charge in [-0.1, -0.05) is 54.9 Å². The standard InChI is InChI=1S/C27H31ClN6S/c1-19-10-13-33(14-11-19)24-16-25(34-15-12-21-4-2-3-5-22(21)18-34)31-26(30-24)32-27(35)29-17-20-6-8-23(28)9-7-20/h2-9,16,19H,10-15,17-18H2,1H3,(H2,29,30,31,32,35). The third kappa shape index (κ3) is 6.03. The van der Waals surface area contributed by atoms with Gasteiger partial charge < -0.3 is 20.4 Å². The van der Waals surface area contributed by atoms with Crippen molar-refractivity contribution in [2.24, 2.45) is 5.92 Å². The number of anilines is 3. The highest BCUT2D eigenvalue weighted by Gasteiger charge is 2.22. The van der Waals surface area contributed by atoms with Gasteiger partial charge in [0.25, 0.3) is 0 Å². The molecule has 0 bridgehead atoms. The van der Waals surface area contributed by atoms with Gasteiger partial charge in [-0.3, -0.25) is 0 Å². The van der Waals surface area contributed by atoms with Crippen molar-refractivity contribution in [2.75, 3.05) is 34.8 Å². The molecule has 2 aromatic carbocycles. The molecular weight excluding hydrogens is 476 g/mol. The van der Waals surface area contributed by atoms with Gasteiger partial charge in [-0.2, -0.15) is 9.97 Å². The van der Waals surface area contributed by atoms with E-state index in [1.54, 1.807) is 0 Å². The highest BCUT2D eigenvalue weighted by molar-refractivity contribution is 7.80. The van der Waals surface area contributed by atoms with E-state index in [1.807, 2.05) is 24.3 Å². The molecule has 0 spiro atoms. The lowest BCUT2D eigenvalue weighted by Gasteiger charge is -2.33. The van der Waals surface area contributed by atoms with Crippen molar-refractivity contribution < 1.29 is 0 Å². The van der Waals surface area contributed by atoms with E-state index >= 15 is 0 Å². The van der Waals surface area contributed by atoms with Crippen LogP contribution in [0.1, 0.15) is 36.5 Å². The Morgan fingerprint density at radius 2 is 1.66 bits per heavy atom. The van der Waals surface area contributed by atoms with Gasteiger partial charge in [-0.05, 0) is 66.2 Å². The summed E-state index contributed by atoms with van der Waals surface area (Å²) in [6.45, 7) is 6.73. The van der Waals surface area contributed by atoms with Crippen LogP contribution < -0.4 is 20.4 Å². The first-order valence-corrected chi connectivity index (χ1v) is 13.1. The van der Waals surface area contributed by atoms with Gasteiger partial charge in [0.05, 0.1) is 0 Å². The molecule has 8 heteroatoms. The number of piperidine rings is 1. The zero-order valence-electron chi connectivity index (χ0n) is 20.0. The van der Waals surface area contributed by atoms with E-state index in [9.17, 15) is 0 Å². The van der Waals surface area contributed by atoms with Crippen molar-refractivity contribution in [1.82, 2.24) is 15.3 Å². The van der Waals surface area contributed by atoms with E-state index in [2.05, 4.69) is 57.7 Å². The van der Waals surface area contributed by atoms with E-state index in [0.717, 1.165) is 60.7 Å². The summed E-state index contributed by atoms with van der Waals surface area (Å²) < 4.78 is 0. The molecule has 35 heavy (non-hydrogen) atoms. The summed E-state index contributed by atoms with van der Waals surface area (Å²) in [5.74, 6) is 3.19. The number of hydrogen-bond donors (Lipinski definition) is 2. The van der Waals surface area contributed by atoms with E-state index in [-0.39, 0.29) is 0 Å². The highest BCUT2D eigenvalue weighted by Crippen LogP contribution is 2.29. The van der Waals surface area contributed by atoms with E-state index in [0.29, 0.717) is 17.6 Å². The Morgan fingerprint density at radius 3 is 2.40 bits per heavy atom. The van der Waals surface area contributed by atoms with Crippen LogP contribution in [0.2, 0.25) is 5.02 Å². The van der Waals surface area contributed by atoms with Crippen molar-refractivity contribution in [3.63, 3.8) is 0 Å². The maximum atomic E-state index is 5.99. The predicted octanol–water partition coefficient (Wildman–Crippen LogP) is 5.42. The summed E-state index contributed by atoms with van der Waals surface area (Å²) in [4.78, 5) is 14.5. The summed E-state index contributed by atoms with van der Waals surface area (Å²) in [5.41, 5.74) is 3.89. The number of nitrogens with one attached hydrogen (secondary N) is 2. The number of aromatic nitrogens is 2. The van der Waals surface area contributed by atoms with Crippen LogP contribution in [0.15, 0.2) is 54.6 Å². The maximum Gasteiger partial charge on any atom is 0.232 e. The second-order valence-electron chi connectivity index (χ2n) is 9.45. The molecule has 0 amide bonds. The molecule has 6 nitrogen and oxygen atoms in total. The lowest BCUT2D eigenvalue weighted by molar-refractivity contribution is 0.436.